The molecule has 0 atom stereocenters. The molecule has 0 aliphatic rings. The fourth-order valence-electron chi connectivity index (χ4n) is 4.47. The van der Waals surface area contributed by atoms with E-state index in [1.165, 1.54) is 136 Å². The first-order valence-corrected chi connectivity index (χ1v) is 17.4. The molecule has 0 N–H and O–H groups in total. The van der Waals surface area contributed by atoms with Gasteiger partial charge in [0.1, 0.15) is 0 Å². The Morgan fingerprint density at radius 3 is 1.18 bits per heavy atom. The minimum Gasteiger partial charge on any atom is -0.469 e. The molecular formula is C38H70O2. The van der Waals surface area contributed by atoms with E-state index in [0.717, 1.165) is 25.7 Å². The molecule has 234 valence electrons. The summed E-state index contributed by atoms with van der Waals surface area (Å²) >= 11 is 0. The van der Waals surface area contributed by atoms with E-state index < -0.39 is 0 Å². The summed E-state index contributed by atoms with van der Waals surface area (Å²) in [6.07, 6.45) is 50.0. The summed E-state index contributed by atoms with van der Waals surface area (Å²) in [5, 5.41) is 0. The van der Waals surface area contributed by atoms with Gasteiger partial charge in [-0.15, -0.1) is 0 Å². The van der Waals surface area contributed by atoms with E-state index in [1.54, 1.807) is 0 Å². The SMILES string of the molecule is CCC/C=C/C/C=C/C/C=C\C/C=C/CCCCC.CCCCCCCCCCCCCCCCCC(=O)OC. The lowest BCUT2D eigenvalue weighted by atomic mass is 10.0. The van der Waals surface area contributed by atoms with Crippen molar-refractivity contribution in [1.82, 2.24) is 0 Å². The third kappa shape index (κ3) is 40.9. The highest BCUT2D eigenvalue weighted by Gasteiger charge is 1.99. The number of hydrogen-bond donors (Lipinski definition) is 0. The van der Waals surface area contributed by atoms with Gasteiger partial charge >= 0.3 is 5.97 Å². The van der Waals surface area contributed by atoms with E-state index in [2.05, 4.69) is 74.1 Å². The molecule has 0 aromatic heterocycles. The topological polar surface area (TPSA) is 26.3 Å². The van der Waals surface area contributed by atoms with Crippen LogP contribution in [0.3, 0.4) is 0 Å². The van der Waals surface area contributed by atoms with E-state index in [0.29, 0.717) is 6.42 Å². The zero-order valence-corrected chi connectivity index (χ0v) is 27.6. The van der Waals surface area contributed by atoms with Gasteiger partial charge in [0.2, 0.25) is 0 Å². The summed E-state index contributed by atoms with van der Waals surface area (Å²) < 4.78 is 4.63. The number of ether oxygens (including phenoxy) is 1. The van der Waals surface area contributed by atoms with Crippen LogP contribution < -0.4 is 0 Å². The van der Waals surface area contributed by atoms with Crippen molar-refractivity contribution < 1.29 is 9.53 Å². The van der Waals surface area contributed by atoms with Crippen molar-refractivity contribution in [3.8, 4) is 0 Å². The number of hydrogen-bond acceptors (Lipinski definition) is 2. The molecule has 0 aromatic rings. The maximum atomic E-state index is 10.9. The van der Waals surface area contributed by atoms with Crippen molar-refractivity contribution in [2.75, 3.05) is 7.11 Å². The van der Waals surface area contributed by atoms with Crippen LogP contribution in [-0.4, -0.2) is 13.1 Å². The first-order valence-electron chi connectivity index (χ1n) is 17.4. The van der Waals surface area contributed by atoms with Crippen molar-refractivity contribution in [3.63, 3.8) is 0 Å². The monoisotopic (exact) mass is 559 g/mol. The second kappa shape index (κ2) is 39.6. The largest absolute Gasteiger partial charge is 0.469 e. The van der Waals surface area contributed by atoms with Gasteiger partial charge in [-0.1, -0.05) is 179 Å². The van der Waals surface area contributed by atoms with E-state index in [-0.39, 0.29) is 5.97 Å². The van der Waals surface area contributed by atoms with Gasteiger partial charge in [0.25, 0.3) is 0 Å². The summed E-state index contributed by atoms with van der Waals surface area (Å²) in [5.41, 5.74) is 0. The Balaban J connectivity index is 0. The third-order valence-corrected chi connectivity index (χ3v) is 7.12. The van der Waals surface area contributed by atoms with Crippen molar-refractivity contribution >= 4 is 5.97 Å². The molecule has 0 aromatic carbocycles. The van der Waals surface area contributed by atoms with Crippen LogP contribution >= 0.6 is 0 Å². The molecule has 2 nitrogen and oxygen atoms in total. The van der Waals surface area contributed by atoms with Gasteiger partial charge in [-0.05, 0) is 44.9 Å². The fraction of sp³-hybridized carbons (Fsp3) is 0.763. The second-order valence-electron chi connectivity index (χ2n) is 11.2. The molecule has 0 radical (unpaired) electrons. The maximum absolute atomic E-state index is 10.9. The molecule has 0 saturated carbocycles. The summed E-state index contributed by atoms with van der Waals surface area (Å²) in [6, 6.07) is 0. The first kappa shape index (κ1) is 40.6. The number of allylic oxidation sites excluding steroid dienone is 8. The molecule has 0 amide bonds. The van der Waals surface area contributed by atoms with E-state index in [1.807, 2.05) is 0 Å². The number of rotatable bonds is 28. The lowest BCUT2D eigenvalue weighted by molar-refractivity contribution is -0.140. The number of carbonyl (C=O) groups is 1. The van der Waals surface area contributed by atoms with Crippen molar-refractivity contribution in [1.29, 1.82) is 0 Å². The van der Waals surface area contributed by atoms with E-state index in [9.17, 15) is 4.79 Å². The Kier molecular flexibility index (Phi) is 40.1. The average molecular weight is 559 g/mol. The molecule has 0 fully saturated rings. The van der Waals surface area contributed by atoms with Crippen LogP contribution in [0.5, 0.6) is 0 Å². The molecule has 2 heteroatoms. The van der Waals surface area contributed by atoms with Crippen molar-refractivity contribution in [3.05, 3.63) is 48.6 Å². The highest BCUT2D eigenvalue weighted by Crippen LogP contribution is 2.13. The summed E-state index contributed by atoms with van der Waals surface area (Å²) in [6.45, 7) is 6.74. The Bertz CT molecular complexity index is 584. The minimum atomic E-state index is -0.0651. The lowest BCUT2D eigenvalue weighted by Gasteiger charge is -2.03. The maximum Gasteiger partial charge on any atom is 0.305 e. The molecule has 0 rings (SSSR count). The predicted molar refractivity (Wildman–Crippen MR) is 181 cm³/mol. The lowest BCUT2D eigenvalue weighted by Crippen LogP contribution is -1.99. The van der Waals surface area contributed by atoms with E-state index >= 15 is 0 Å². The zero-order chi connectivity index (χ0) is 29.6. The summed E-state index contributed by atoms with van der Waals surface area (Å²) in [4.78, 5) is 10.9. The van der Waals surface area contributed by atoms with Gasteiger partial charge < -0.3 is 4.74 Å². The Labute approximate surface area is 252 Å². The first-order chi connectivity index (χ1) is 19.7. The summed E-state index contributed by atoms with van der Waals surface area (Å²) in [7, 11) is 1.47. The zero-order valence-electron chi connectivity index (χ0n) is 27.6. The summed E-state index contributed by atoms with van der Waals surface area (Å²) in [5.74, 6) is -0.0651. The molecule has 0 spiro atoms. The normalized spacial score (nSPS) is 11.7. The van der Waals surface area contributed by atoms with Gasteiger partial charge in [0, 0.05) is 6.42 Å². The van der Waals surface area contributed by atoms with Crippen LogP contribution in [0.1, 0.15) is 181 Å². The molecule has 0 unspecified atom stereocenters. The average Bonchev–Trinajstić information content (AvgIpc) is 2.97. The highest BCUT2D eigenvalue weighted by molar-refractivity contribution is 5.68. The van der Waals surface area contributed by atoms with Gasteiger partial charge in [-0.3, -0.25) is 4.79 Å². The van der Waals surface area contributed by atoms with Gasteiger partial charge in [0.05, 0.1) is 7.11 Å². The highest BCUT2D eigenvalue weighted by atomic mass is 16.5. The van der Waals surface area contributed by atoms with Crippen LogP contribution in [-0.2, 0) is 9.53 Å². The molecule has 0 aliphatic carbocycles. The van der Waals surface area contributed by atoms with Crippen LogP contribution in [0.4, 0.5) is 0 Å². The molecule has 0 saturated heterocycles. The fourth-order valence-corrected chi connectivity index (χ4v) is 4.47. The smallest absolute Gasteiger partial charge is 0.305 e. The Morgan fingerprint density at radius 2 is 0.775 bits per heavy atom. The van der Waals surface area contributed by atoms with Crippen molar-refractivity contribution in [2.45, 2.75) is 181 Å². The number of unbranched alkanes of at least 4 members (excludes halogenated alkanes) is 18. The third-order valence-electron chi connectivity index (χ3n) is 7.12. The van der Waals surface area contributed by atoms with Crippen molar-refractivity contribution in [2.24, 2.45) is 0 Å². The standard InChI is InChI=1S/C19H38O2.C19H32/c1-3-4-5-6-7-8-9-10-11-12-13-14-15-16-17-18-19(20)21-2;1-3-5-7-9-11-13-15-17-19-18-16-14-12-10-8-6-4-2/h3-18H2,1-2H3;7,9,12-15,18-19H,3-6,8,10-11,16-17H2,1-2H3/b;9-7+,14-12+,15-13+,19-18-. The Hall–Kier alpha value is -1.57. The number of esters is 1. The number of methoxy groups -OCH3 is 1. The van der Waals surface area contributed by atoms with Crippen LogP contribution in [0.25, 0.3) is 0 Å². The molecule has 0 aliphatic heterocycles. The number of carbonyl (C=O) groups excluding carboxylic acids is 1. The molecule has 0 bridgehead atoms. The van der Waals surface area contributed by atoms with E-state index in [4.69, 9.17) is 0 Å². The van der Waals surface area contributed by atoms with Crippen LogP contribution in [0.15, 0.2) is 48.6 Å². The molecule has 0 heterocycles. The molecule has 40 heavy (non-hydrogen) atoms. The second-order valence-corrected chi connectivity index (χ2v) is 11.2. The quantitative estimate of drug-likeness (QED) is 0.0542. The van der Waals surface area contributed by atoms with Gasteiger partial charge in [-0.25, -0.2) is 0 Å². The van der Waals surface area contributed by atoms with Gasteiger partial charge in [0.15, 0.2) is 0 Å². The molecular weight excluding hydrogens is 488 g/mol. The Morgan fingerprint density at radius 1 is 0.425 bits per heavy atom. The van der Waals surface area contributed by atoms with Crippen LogP contribution in [0.2, 0.25) is 0 Å². The van der Waals surface area contributed by atoms with Gasteiger partial charge in [-0.2, -0.15) is 0 Å². The van der Waals surface area contributed by atoms with Crippen LogP contribution in [0, 0.1) is 0 Å². The minimum absolute atomic E-state index is 0.0651. The predicted octanol–water partition coefficient (Wildman–Crippen LogP) is 13.2.